The third-order valence-corrected chi connectivity index (χ3v) is 2.71. The smallest absolute Gasteiger partial charge is 0.317 e. The minimum absolute atomic E-state index is 0. The van der Waals surface area contributed by atoms with E-state index in [1.807, 2.05) is 0 Å². The summed E-state index contributed by atoms with van der Waals surface area (Å²) in [5.41, 5.74) is 0. The van der Waals surface area contributed by atoms with Gasteiger partial charge in [-0.05, 0) is 32.5 Å². The van der Waals surface area contributed by atoms with Gasteiger partial charge in [0.25, 0.3) is 0 Å². The molecule has 110 valence electrons. The molecule has 0 bridgehead atoms. The van der Waals surface area contributed by atoms with Crippen molar-refractivity contribution in [3.63, 3.8) is 0 Å². The summed E-state index contributed by atoms with van der Waals surface area (Å²) in [6.07, 6.45) is 1.70. The fraction of sp³-hybridized carbons (Fsp3) is 0.818. The minimum atomic E-state index is -1.25. The molecule has 0 saturated heterocycles. The molecule has 7 heteroatoms. The molecule has 0 aromatic carbocycles. The largest absolute Gasteiger partial charge is 0.481 e. The zero-order valence-corrected chi connectivity index (χ0v) is 11.0. The monoisotopic (exact) mass is 267 g/mol. The number of carboxylic acid groups (broad SMARTS) is 2. The van der Waals surface area contributed by atoms with E-state index >= 15 is 0 Å². The van der Waals surface area contributed by atoms with E-state index in [2.05, 4.69) is 18.7 Å². The molecule has 0 saturated carbocycles. The molecule has 7 nitrogen and oxygen atoms in total. The zero-order chi connectivity index (χ0) is 12.6. The fourth-order valence-electron chi connectivity index (χ4n) is 1.58. The van der Waals surface area contributed by atoms with Crippen LogP contribution in [0.3, 0.4) is 0 Å². The number of hydrogen-bond acceptors (Lipinski definition) is 3. The van der Waals surface area contributed by atoms with Gasteiger partial charge in [0, 0.05) is 0 Å². The highest BCUT2D eigenvalue weighted by molar-refractivity contribution is 5.92. The van der Waals surface area contributed by atoms with Crippen molar-refractivity contribution in [3.8, 4) is 0 Å². The summed E-state index contributed by atoms with van der Waals surface area (Å²) in [5.74, 6) is -3.73. The zero-order valence-electron chi connectivity index (χ0n) is 11.0. The first kappa shape index (κ1) is 22.0. The minimum Gasteiger partial charge on any atom is -0.481 e. The van der Waals surface area contributed by atoms with E-state index in [4.69, 9.17) is 10.2 Å². The lowest BCUT2D eigenvalue weighted by Crippen LogP contribution is -2.25. The molecule has 0 aliphatic heterocycles. The van der Waals surface area contributed by atoms with Crippen molar-refractivity contribution < 1.29 is 30.8 Å². The molecule has 0 heterocycles. The Morgan fingerprint density at radius 2 is 1.44 bits per heavy atom. The van der Waals surface area contributed by atoms with Crippen molar-refractivity contribution in [1.82, 2.24) is 4.90 Å². The van der Waals surface area contributed by atoms with Crippen LogP contribution in [-0.2, 0) is 9.59 Å². The Bertz CT molecular complexity index is 216. The second-order valence-electron chi connectivity index (χ2n) is 3.75. The molecule has 0 aliphatic rings. The number of aliphatic carboxylic acids is 2. The summed E-state index contributed by atoms with van der Waals surface area (Å²) in [6.45, 7) is 6.98. The van der Waals surface area contributed by atoms with Crippen LogP contribution in [0.5, 0.6) is 0 Å². The third kappa shape index (κ3) is 8.91. The van der Waals surface area contributed by atoms with E-state index in [-0.39, 0.29) is 17.4 Å². The fourth-order valence-corrected chi connectivity index (χ4v) is 1.58. The summed E-state index contributed by atoms with van der Waals surface area (Å²) in [6, 6.07) is 0. The highest BCUT2D eigenvalue weighted by Crippen LogP contribution is 2.09. The topological polar surface area (TPSA) is 141 Å². The Morgan fingerprint density at radius 1 is 1.00 bits per heavy atom. The average Bonchev–Trinajstić information content (AvgIpc) is 2.22. The van der Waals surface area contributed by atoms with Crippen molar-refractivity contribution in [2.24, 2.45) is 5.92 Å². The molecule has 6 N–H and O–H groups in total. The van der Waals surface area contributed by atoms with E-state index < -0.39 is 17.9 Å². The number of rotatable bonds is 9. The van der Waals surface area contributed by atoms with Gasteiger partial charge in [0.2, 0.25) is 0 Å². The van der Waals surface area contributed by atoms with Gasteiger partial charge in [-0.1, -0.05) is 20.3 Å². The first-order valence-corrected chi connectivity index (χ1v) is 5.70. The van der Waals surface area contributed by atoms with Gasteiger partial charge < -0.3 is 26.1 Å². The highest BCUT2D eigenvalue weighted by Gasteiger charge is 2.24. The van der Waals surface area contributed by atoms with E-state index in [0.717, 1.165) is 26.1 Å². The van der Waals surface area contributed by atoms with Crippen LogP contribution >= 0.6 is 0 Å². The van der Waals surface area contributed by atoms with Crippen LogP contribution in [0.15, 0.2) is 0 Å². The molecule has 0 spiro atoms. The number of carboxylic acids is 2. The van der Waals surface area contributed by atoms with Crippen LogP contribution in [0.25, 0.3) is 0 Å². The number of carbonyl (C=O) groups is 2. The Labute approximate surface area is 107 Å². The maximum absolute atomic E-state index is 10.6. The summed E-state index contributed by atoms with van der Waals surface area (Å²) in [4.78, 5) is 23.4. The van der Waals surface area contributed by atoms with Crippen LogP contribution in [0.1, 0.15) is 33.1 Å². The van der Waals surface area contributed by atoms with E-state index in [0.29, 0.717) is 6.42 Å². The molecule has 0 amide bonds. The van der Waals surface area contributed by atoms with Gasteiger partial charge in [0.15, 0.2) is 5.92 Å². The lowest BCUT2D eigenvalue weighted by molar-refractivity contribution is -0.154. The van der Waals surface area contributed by atoms with Gasteiger partial charge in [-0.2, -0.15) is 0 Å². The third-order valence-electron chi connectivity index (χ3n) is 2.71. The average molecular weight is 267 g/mol. The molecule has 0 aliphatic carbocycles. The van der Waals surface area contributed by atoms with Gasteiger partial charge >= 0.3 is 11.9 Å². The molecule has 0 fully saturated rings. The normalized spacial score (nSPS) is 9.78. The van der Waals surface area contributed by atoms with E-state index in [1.54, 1.807) is 0 Å². The summed E-state index contributed by atoms with van der Waals surface area (Å²) < 4.78 is 0. The van der Waals surface area contributed by atoms with Crippen LogP contribution < -0.4 is 0 Å². The molecule has 18 heavy (non-hydrogen) atoms. The SMILES string of the molecule is CCN(CC)CCCCC(C(=O)O)C(=O)O.O.O. The predicted molar refractivity (Wildman–Crippen MR) is 67.6 cm³/mol. The molecular formula is C11H25NO6. The van der Waals surface area contributed by atoms with Crippen LogP contribution in [-0.4, -0.2) is 57.6 Å². The van der Waals surface area contributed by atoms with Crippen LogP contribution in [0.4, 0.5) is 0 Å². The summed E-state index contributed by atoms with van der Waals surface area (Å²) in [5, 5.41) is 17.3. The molecule has 0 radical (unpaired) electrons. The first-order chi connectivity index (χ1) is 7.52. The van der Waals surface area contributed by atoms with Crippen molar-refractivity contribution >= 4 is 11.9 Å². The standard InChI is InChI=1S/C11H21NO4.2H2O/c1-3-12(4-2)8-6-5-7-9(10(13)14)11(15)16;;/h9H,3-8H2,1-2H3,(H,13,14)(H,15,16);2*1H2. The second-order valence-corrected chi connectivity index (χ2v) is 3.75. The lowest BCUT2D eigenvalue weighted by atomic mass is 10.0. The maximum Gasteiger partial charge on any atom is 0.317 e. The highest BCUT2D eigenvalue weighted by atomic mass is 16.4. The van der Waals surface area contributed by atoms with Crippen LogP contribution in [0, 0.1) is 5.92 Å². The van der Waals surface area contributed by atoms with E-state index in [1.165, 1.54) is 0 Å². The van der Waals surface area contributed by atoms with Crippen molar-refractivity contribution in [2.45, 2.75) is 33.1 Å². The quantitative estimate of drug-likeness (QED) is 0.433. The van der Waals surface area contributed by atoms with Crippen LogP contribution in [0.2, 0.25) is 0 Å². The number of unbranched alkanes of at least 4 members (excludes halogenated alkanes) is 1. The summed E-state index contributed by atoms with van der Waals surface area (Å²) in [7, 11) is 0. The van der Waals surface area contributed by atoms with Crippen molar-refractivity contribution in [1.29, 1.82) is 0 Å². The molecule has 0 aromatic heterocycles. The van der Waals surface area contributed by atoms with Crippen molar-refractivity contribution in [2.75, 3.05) is 19.6 Å². The molecule has 0 aromatic rings. The maximum atomic E-state index is 10.6. The molecule has 0 rings (SSSR count). The first-order valence-electron chi connectivity index (χ1n) is 5.70. The Kier molecular flexibility index (Phi) is 15.0. The van der Waals surface area contributed by atoms with Crippen molar-refractivity contribution in [3.05, 3.63) is 0 Å². The van der Waals surface area contributed by atoms with Gasteiger partial charge in [-0.25, -0.2) is 0 Å². The van der Waals surface area contributed by atoms with Gasteiger partial charge in [0.05, 0.1) is 0 Å². The molecule has 0 unspecified atom stereocenters. The molecule has 0 atom stereocenters. The number of nitrogens with zero attached hydrogens (tertiary/aromatic N) is 1. The second kappa shape index (κ2) is 12.3. The van der Waals surface area contributed by atoms with E-state index in [9.17, 15) is 9.59 Å². The lowest BCUT2D eigenvalue weighted by Gasteiger charge is -2.17. The Balaban J connectivity index is -0.00000112. The summed E-state index contributed by atoms with van der Waals surface area (Å²) >= 11 is 0. The Hall–Kier alpha value is -1.18. The molecular weight excluding hydrogens is 242 g/mol. The van der Waals surface area contributed by atoms with Gasteiger partial charge in [-0.3, -0.25) is 9.59 Å². The predicted octanol–water partition coefficient (Wildman–Crippen LogP) is -0.365. The van der Waals surface area contributed by atoms with Gasteiger partial charge in [-0.15, -0.1) is 0 Å². The Morgan fingerprint density at radius 3 is 1.78 bits per heavy atom. The van der Waals surface area contributed by atoms with Gasteiger partial charge in [0.1, 0.15) is 0 Å². The number of hydrogen-bond donors (Lipinski definition) is 2.